The van der Waals surface area contributed by atoms with E-state index < -0.39 is 53.4 Å². The van der Waals surface area contributed by atoms with Crippen molar-refractivity contribution in [3.63, 3.8) is 0 Å². The van der Waals surface area contributed by atoms with Gasteiger partial charge in [-0.3, -0.25) is 0 Å². The summed E-state index contributed by atoms with van der Waals surface area (Å²) in [6.45, 7) is 0.367. The summed E-state index contributed by atoms with van der Waals surface area (Å²) >= 11 is 0. The maximum absolute atomic E-state index is 14.0. The van der Waals surface area contributed by atoms with Crippen molar-refractivity contribution >= 4 is 0 Å². The molecule has 0 saturated carbocycles. The minimum atomic E-state index is -7.98. The van der Waals surface area contributed by atoms with Crippen LogP contribution in [0.5, 0.6) is 5.75 Å². The Morgan fingerprint density at radius 3 is 1.61 bits per heavy atom. The van der Waals surface area contributed by atoms with Gasteiger partial charge >= 0.3 is 35.8 Å². The van der Waals surface area contributed by atoms with Gasteiger partial charge in [-0.25, -0.2) is 0 Å². The van der Waals surface area contributed by atoms with Gasteiger partial charge in [0.05, 0.1) is 19.1 Å². The van der Waals surface area contributed by atoms with Crippen LogP contribution in [0.3, 0.4) is 0 Å². The summed E-state index contributed by atoms with van der Waals surface area (Å²) in [6.07, 6.45) is -10.2. The van der Waals surface area contributed by atoms with Crippen LogP contribution in [0, 0.1) is 0 Å². The van der Waals surface area contributed by atoms with Crippen molar-refractivity contribution in [3.8, 4) is 5.75 Å². The highest BCUT2D eigenvalue weighted by Crippen LogP contribution is 2.61. The second-order valence-electron chi connectivity index (χ2n) is 6.68. The highest BCUT2D eigenvalue weighted by atomic mass is 19.4. The Hall–Kier alpha value is -1.93. The Balaban J connectivity index is 3.45. The molecule has 1 aromatic rings. The Morgan fingerprint density at radius 1 is 0.742 bits per heavy atom. The fourth-order valence-corrected chi connectivity index (χ4v) is 2.41. The van der Waals surface area contributed by atoms with Crippen LogP contribution in [0.15, 0.2) is 24.3 Å². The topological polar surface area (TPSA) is 29.5 Å². The zero-order chi connectivity index (χ0) is 24.9. The summed E-state index contributed by atoms with van der Waals surface area (Å²) in [5.41, 5.74) is -3.84. The lowest BCUT2D eigenvalue weighted by Gasteiger charge is -2.41. The molecule has 0 fully saturated rings. The third-order valence-electron chi connectivity index (χ3n) is 4.26. The Labute approximate surface area is 165 Å². The highest BCUT2D eigenvalue weighted by molar-refractivity contribution is 5.32. The van der Waals surface area contributed by atoms with Gasteiger partial charge in [-0.15, -0.1) is 0 Å². The molecule has 0 aliphatic rings. The molecule has 2 nitrogen and oxygen atoms in total. The number of benzene rings is 1. The maximum atomic E-state index is 14.0. The molecule has 0 amide bonds. The van der Waals surface area contributed by atoms with Crippen LogP contribution < -0.4 is 4.74 Å². The van der Waals surface area contributed by atoms with Crippen molar-refractivity contribution in [1.29, 1.82) is 0 Å². The smallest absolute Gasteiger partial charge is 0.460 e. The second kappa shape index (κ2) is 7.59. The number of rotatable bonds is 8. The molecule has 0 bridgehead atoms. The maximum Gasteiger partial charge on any atom is 0.460 e. The van der Waals surface area contributed by atoms with E-state index in [0.29, 0.717) is 6.92 Å². The van der Waals surface area contributed by atoms with Crippen molar-refractivity contribution in [1.82, 2.24) is 0 Å². The van der Waals surface area contributed by atoms with Crippen LogP contribution in [0.25, 0.3) is 0 Å². The number of methoxy groups -OCH3 is 1. The molecule has 31 heavy (non-hydrogen) atoms. The average Bonchev–Trinajstić information content (AvgIpc) is 2.59. The Bertz CT molecular complexity index is 784. The van der Waals surface area contributed by atoms with Gasteiger partial charge in [-0.05, 0) is 24.6 Å². The van der Waals surface area contributed by atoms with Crippen LogP contribution in [-0.4, -0.2) is 48.0 Å². The molecule has 0 heterocycles. The van der Waals surface area contributed by atoms with E-state index in [1.54, 1.807) is 0 Å². The molecule has 1 unspecified atom stereocenters. The molecule has 1 rings (SSSR count). The van der Waals surface area contributed by atoms with E-state index in [1.807, 2.05) is 0 Å². The van der Waals surface area contributed by atoms with Gasteiger partial charge in [0.2, 0.25) is 0 Å². The summed E-state index contributed by atoms with van der Waals surface area (Å²) < 4.78 is 176. The van der Waals surface area contributed by atoms with Gasteiger partial charge in [-0.2, -0.15) is 57.1 Å². The minimum absolute atomic E-state index is 0.144. The fraction of sp³-hybridized carbons (Fsp3) is 0.625. The van der Waals surface area contributed by atoms with E-state index in [1.165, 1.54) is 6.07 Å². The average molecular weight is 484 g/mol. The van der Waals surface area contributed by atoms with Crippen LogP contribution in [0.4, 0.5) is 57.1 Å². The highest BCUT2D eigenvalue weighted by Gasteiger charge is 2.90. The Morgan fingerprint density at radius 2 is 1.19 bits per heavy atom. The second-order valence-corrected chi connectivity index (χ2v) is 6.68. The summed E-state index contributed by atoms with van der Waals surface area (Å²) in [6, 6.07) is 3.81. The van der Waals surface area contributed by atoms with Crippen LogP contribution in [-0.2, 0) is 5.60 Å². The van der Waals surface area contributed by atoms with Crippen LogP contribution in [0.2, 0.25) is 0 Å². The lowest BCUT2D eigenvalue weighted by Crippen LogP contribution is -2.70. The molecule has 0 aliphatic heterocycles. The molecule has 0 aliphatic carbocycles. The van der Waals surface area contributed by atoms with Gasteiger partial charge in [0.15, 0.2) is 0 Å². The predicted octanol–water partition coefficient (Wildman–Crippen LogP) is 6.03. The van der Waals surface area contributed by atoms with Crippen molar-refractivity contribution in [2.75, 3.05) is 7.11 Å². The molecule has 1 N–H and O–H groups in total. The van der Waals surface area contributed by atoms with E-state index in [2.05, 4.69) is 4.74 Å². The van der Waals surface area contributed by atoms with Gasteiger partial charge in [0.25, 0.3) is 0 Å². The van der Waals surface area contributed by atoms with Gasteiger partial charge in [-0.1, -0.05) is 12.1 Å². The number of alkyl halides is 13. The standard InChI is InChI=1S/C16H13F13O2/c1-10(30,8-4-3-5-9(6-8)31-2)7-11(17,18)12(19,20)13(21,22)14(23,24)15(25,26)16(27,28)29/h3-6,30H,7H2,1-2H3. The number of ether oxygens (including phenoxy) is 1. The molecule has 1 atom stereocenters. The van der Waals surface area contributed by atoms with Crippen molar-refractivity contribution < 1.29 is 66.9 Å². The fourth-order valence-electron chi connectivity index (χ4n) is 2.41. The first-order chi connectivity index (χ1) is 13.5. The van der Waals surface area contributed by atoms with E-state index in [9.17, 15) is 62.2 Å². The molecular formula is C16H13F13O2. The van der Waals surface area contributed by atoms with Gasteiger partial charge < -0.3 is 9.84 Å². The monoisotopic (exact) mass is 484 g/mol. The van der Waals surface area contributed by atoms with E-state index in [0.717, 1.165) is 25.3 Å². The molecule has 15 heteroatoms. The number of halogens is 13. The van der Waals surface area contributed by atoms with E-state index >= 15 is 0 Å². The summed E-state index contributed by atoms with van der Waals surface area (Å²) in [7, 11) is 1.06. The first kappa shape index (κ1) is 27.1. The molecule has 1 aromatic carbocycles. The zero-order valence-electron chi connectivity index (χ0n) is 15.3. The number of hydrogen-bond donors (Lipinski definition) is 1. The van der Waals surface area contributed by atoms with Gasteiger partial charge in [0, 0.05) is 0 Å². The first-order valence-corrected chi connectivity index (χ1v) is 7.82. The molecule has 0 radical (unpaired) electrons. The number of hydrogen-bond acceptors (Lipinski definition) is 2. The third-order valence-corrected chi connectivity index (χ3v) is 4.26. The molecule has 0 saturated heterocycles. The van der Waals surface area contributed by atoms with Crippen molar-refractivity contribution in [2.24, 2.45) is 0 Å². The first-order valence-electron chi connectivity index (χ1n) is 7.82. The largest absolute Gasteiger partial charge is 0.497 e. The molecule has 180 valence electrons. The SMILES string of the molecule is COc1cccc(C(C)(O)CC(F)(F)C(F)(F)C(F)(F)C(F)(F)C(F)(F)C(F)(F)F)c1. The van der Waals surface area contributed by atoms with E-state index in [4.69, 9.17) is 0 Å². The van der Waals surface area contributed by atoms with Crippen molar-refractivity contribution in [2.45, 2.75) is 54.7 Å². The molecule has 0 spiro atoms. The number of aliphatic hydroxyl groups is 1. The van der Waals surface area contributed by atoms with Crippen LogP contribution >= 0.6 is 0 Å². The zero-order valence-corrected chi connectivity index (χ0v) is 15.3. The Kier molecular flexibility index (Phi) is 6.63. The lowest BCUT2D eigenvalue weighted by molar-refractivity contribution is -0.441. The quantitative estimate of drug-likeness (QED) is 0.457. The van der Waals surface area contributed by atoms with Gasteiger partial charge in [0.1, 0.15) is 5.75 Å². The minimum Gasteiger partial charge on any atom is -0.497 e. The third kappa shape index (κ3) is 4.24. The van der Waals surface area contributed by atoms with E-state index in [-0.39, 0.29) is 5.75 Å². The summed E-state index contributed by atoms with van der Waals surface area (Å²) in [5, 5.41) is 10.0. The van der Waals surface area contributed by atoms with Crippen LogP contribution in [0.1, 0.15) is 18.9 Å². The summed E-state index contributed by atoms with van der Waals surface area (Å²) in [5.74, 6) is -37.7. The predicted molar refractivity (Wildman–Crippen MR) is 78.0 cm³/mol. The lowest BCUT2D eigenvalue weighted by atomic mass is 9.84. The van der Waals surface area contributed by atoms with Crippen molar-refractivity contribution in [3.05, 3.63) is 29.8 Å². The summed E-state index contributed by atoms with van der Waals surface area (Å²) in [4.78, 5) is 0. The normalized spacial score (nSPS) is 16.8. The molecule has 0 aromatic heterocycles. The molecular weight excluding hydrogens is 471 g/mol.